The first-order valence-electron chi connectivity index (χ1n) is 6.47. The lowest BCUT2D eigenvalue weighted by Crippen LogP contribution is -2.19. The van der Waals surface area contributed by atoms with Gasteiger partial charge in [0.05, 0.1) is 22.1 Å². The van der Waals surface area contributed by atoms with Crippen LogP contribution in [-0.4, -0.2) is 23.3 Å². The Labute approximate surface area is 118 Å². The third kappa shape index (κ3) is 2.76. The van der Waals surface area contributed by atoms with E-state index in [-0.39, 0.29) is 12.1 Å². The van der Waals surface area contributed by atoms with E-state index in [1.165, 1.54) is 0 Å². The molecule has 5 heteroatoms. The Bertz CT molecular complexity index is 565. The molecule has 4 nitrogen and oxygen atoms in total. The highest BCUT2D eigenvalue weighted by Crippen LogP contribution is 2.30. The Kier molecular flexibility index (Phi) is 4.45. The van der Waals surface area contributed by atoms with E-state index >= 15 is 0 Å². The van der Waals surface area contributed by atoms with Gasteiger partial charge < -0.3 is 15.0 Å². The monoisotopic (exact) mass is 281 g/mol. The highest BCUT2D eigenvalue weighted by Gasteiger charge is 2.20. The van der Waals surface area contributed by atoms with Crippen LogP contribution in [0.1, 0.15) is 38.2 Å². The average molecular weight is 282 g/mol. The summed E-state index contributed by atoms with van der Waals surface area (Å²) in [6, 6.07) is 5.87. The Morgan fingerprint density at radius 2 is 2.16 bits per heavy atom. The van der Waals surface area contributed by atoms with Gasteiger partial charge in [-0.2, -0.15) is 0 Å². The summed E-state index contributed by atoms with van der Waals surface area (Å²) in [5, 5.41) is 0.712. The van der Waals surface area contributed by atoms with E-state index in [0.717, 1.165) is 23.3 Å². The number of fused-ring (bicyclic) bond motifs is 1. The summed E-state index contributed by atoms with van der Waals surface area (Å²) in [5.74, 6) is 0.871. The number of hydrogen-bond acceptors (Lipinski definition) is 3. The highest BCUT2D eigenvalue weighted by molar-refractivity contribution is 6.35. The number of imidazole rings is 1. The molecule has 0 radical (unpaired) electrons. The van der Waals surface area contributed by atoms with Crippen molar-refractivity contribution in [3.8, 4) is 0 Å². The molecule has 0 spiro atoms. The lowest BCUT2D eigenvalue weighted by Gasteiger charge is -2.17. The van der Waals surface area contributed by atoms with Gasteiger partial charge in [0.1, 0.15) is 5.82 Å². The lowest BCUT2D eigenvalue weighted by molar-refractivity contribution is 0.186. The van der Waals surface area contributed by atoms with Gasteiger partial charge in [-0.3, -0.25) is 0 Å². The topological polar surface area (TPSA) is 53.1 Å². The van der Waals surface area contributed by atoms with Gasteiger partial charge in [0.25, 0.3) is 0 Å². The molecular weight excluding hydrogens is 262 g/mol. The molecule has 0 aliphatic rings. The molecule has 2 N–H and O–H groups in total. The van der Waals surface area contributed by atoms with Gasteiger partial charge in [-0.05, 0) is 32.4 Å². The predicted octanol–water partition coefficient (Wildman–Crippen LogP) is 3.31. The van der Waals surface area contributed by atoms with Gasteiger partial charge in [0.15, 0.2) is 0 Å². The van der Waals surface area contributed by atoms with Crippen LogP contribution in [0.3, 0.4) is 0 Å². The zero-order chi connectivity index (χ0) is 14.0. The molecule has 0 saturated carbocycles. The van der Waals surface area contributed by atoms with E-state index in [9.17, 15) is 0 Å². The smallest absolute Gasteiger partial charge is 0.127 e. The Morgan fingerprint density at radius 1 is 1.42 bits per heavy atom. The molecule has 0 bridgehead atoms. The molecule has 1 atom stereocenters. The number of aromatic nitrogens is 2. The maximum Gasteiger partial charge on any atom is 0.127 e. The van der Waals surface area contributed by atoms with Crippen LogP contribution in [0.15, 0.2) is 18.2 Å². The number of hydrogen-bond donors (Lipinski definition) is 1. The summed E-state index contributed by atoms with van der Waals surface area (Å²) in [7, 11) is 1.68. The van der Waals surface area contributed by atoms with Crippen molar-refractivity contribution in [3.05, 3.63) is 29.0 Å². The number of rotatable bonds is 5. The fourth-order valence-electron chi connectivity index (χ4n) is 2.28. The summed E-state index contributed by atoms with van der Waals surface area (Å²) in [6.45, 7) is 4.84. The van der Waals surface area contributed by atoms with Gasteiger partial charge >= 0.3 is 0 Å². The fourth-order valence-corrected chi connectivity index (χ4v) is 2.54. The van der Waals surface area contributed by atoms with Crippen LogP contribution >= 0.6 is 11.6 Å². The predicted molar refractivity (Wildman–Crippen MR) is 78.5 cm³/mol. The van der Waals surface area contributed by atoms with Crippen molar-refractivity contribution in [2.45, 2.75) is 32.4 Å². The minimum Gasteiger partial charge on any atom is -0.385 e. The van der Waals surface area contributed by atoms with Crippen molar-refractivity contribution in [1.29, 1.82) is 0 Å². The zero-order valence-electron chi connectivity index (χ0n) is 11.6. The number of ether oxygens (including phenoxy) is 1. The lowest BCUT2D eigenvalue weighted by atomic mass is 10.2. The number of methoxy groups -OCH3 is 1. The summed E-state index contributed by atoms with van der Waals surface area (Å²) >= 11 is 6.30. The molecular formula is C14H20ClN3O. The van der Waals surface area contributed by atoms with Crippen LogP contribution in [0.2, 0.25) is 5.02 Å². The molecule has 1 heterocycles. The maximum atomic E-state index is 6.30. The summed E-state index contributed by atoms with van der Waals surface area (Å²) < 4.78 is 7.21. The standard InChI is InChI=1S/C14H20ClN3O/c1-9(2)18-13-10(15)5-4-6-12(13)17-14(18)11(16)7-8-19-3/h4-6,9,11H,7-8,16H2,1-3H3. The summed E-state index contributed by atoms with van der Waals surface area (Å²) in [4.78, 5) is 4.65. The molecule has 2 rings (SSSR count). The third-order valence-corrected chi connectivity index (χ3v) is 3.47. The van der Waals surface area contributed by atoms with Crippen LogP contribution in [0, 0.1) is 0 Å². The summed E-state index contributed by atoms with van der Waals surface area (Å²) in [6.07, 6.45) is 0.740. The Morgan fingerprint density at radius 3 is 2.79 bits per heavy atom. The van der Waals surface area contributed by atoms with Gasteiger partial charge in [-0.25, -0.2) is 4.98 Å². The number of nitrogens with zero attached hydrogens (tertiary/aromatic N) is 2. The minimum absolute atomic E-state index is 0.147. The molecule has 0 aliphatic heterocycles. The van der Waals surface area contributed by atoms with Crippen molar-refractivity contribution in [2.24, 2.45) is 5.73 Å². The second-order valence-electron chi connectivity index (χ2n) is 4.93. The Balaban J connectivity index is 2.54. The highest BCUT2D eigenvalue weighted by atomic mass is 35.5. The van der Waals surface area contributed by atoms with Crippen LogP contribution in [0.5, 0.6) is 0 Å². The van der Waals surface area contributed by atoms with Crippen LogP contribution in [0.25, 0.3) is 11.0 Å². The van der Waals surface area contributed by atoms with Gasteiger partial charge in [-0.15, -0.1) is 0 Å². The van der Waals surface area contributed by atoms with Crippen molar-refractivity contribution in [2.75, 3.05) is 13.7 Å². The van der Waals surface area contributed by atoms with E-state index in [1.54, 1.807) is 7.11 Å². The van der Waals surface area contributed by atoms with E-state index in [2.05, 4.69) is 23.4 Å². The van der Waals surface area contributed by atoms with Crippen LogP contribution in [-0.2, 0) is 4.74 Å². The second-order valence-corrected chi connectivity index (χ2v) is 5.34. The van der Waals surface area contributed by atoms with E-state index < -0.39 is 0 Å². The molecule has 19 heavy (non-hydrogen) atoms. The molecule has 0 aliphatic carbocycles. The average Bonchev–Trinajstić information content (AvgIpc) is 2.77. The molecule has 0 amide bonds. The van der Waals surface area contributed by atoms with Gasteiger partial charge in [-0.1, -0.05) is 17.7 Å². The molecule has 1 aromatic heterocycles. The van der Waals surface area contributed by atoms with E-state index in [1.807, 2.05) is 18.2 Å². The quantitative estimate of drug-likeness (QED) is 0.915. The third-order valence-electron chi connectivity index (χ3n) is 3.17. The minimum atomic E-state index is -0.147. The second kappa shape index (κ2) is 5.90. The van der Waals surface area contributed by atoms with Gasteiger partial charge in [0.2, 0.25) is 0 Å². The zero-order valence-corrected chi connectivity index (χ0v) is 12.3. The number of para-hydroxylation sites is 1. The van der Waals surface area contributed by atoms with Crippen molar-refractivity contribution < 1.29 is 4.74 Å². The summed E-state index contributed by atoms with van der Waals surface area (Å²) in [5.41, 5.74) is 8.08. The van der Waals surface area contributed by atoms with Crippen molar-refractivity contribution in [3.63, 3.8) is 0 Å². The van der Waals surface area contributed by atoms with Crippen molar-refractivity contribution >= 4 is 22.6 Å². The first-order chi connectivity index (χ1) is 9.06. The molecule has 1 unspecified atom stereocenters. The SMILES string of the molecule is COCCC(N)c1nc2cccc(Cl)c2n1C(C)C. The molecule has 2 aromatic rings. The maximum absolute atomic E-state index is 6.30. The number of halogens is 1. The van der Waals surface area contributed by atoms with Crippen molar-refractivity contribution in [1.82, 2.24) is 9.55 Å². The number of nitrogens with two attached hydrogens (primary N) is 1. The van der Waals surface area contributed by atoms with Crippen LogP contribution < -0.4 is 5.73 Å². The molecule has 0 fully saturated rings. The Hall–Kier alpha value is -1.10. The normalized spacial score (nSPS) is 13.4. The van der Waals surface area contributed by atoms with Gasteiger partial charge in [0, 0.05) is 19.8 Å². The number of benzene rings is 1. The first kappa shape index (κ1) is 14.3. The van der Waals surface area contributed by atoms with E-state index in [4.69, 9.17) is 22.1 Å². The molecule has 104 valence electrons. The largest absolute Gasteiger partial charge is 0.385 e. The van der Waals surface area contributed by atoms with E-state index in [0.29, 0.717) is 11.6 Å². The molecule has 0 saturated heterocycles. The first-order valence-corrected chi connectivity index (χ1v) is 6.85. The van der Waals surface area contributed by atoms with Crippen LogP contribution in [0.4, 0.5) is 0 Å². The molecule has 1 aromatic carbocycles. The fraction of sp³-hybridized carbons (Fsp3) is 0.500.